The summed E-state index contributed by atoms with van der Waals surface area (Å²) in [4.78, 5) is 12.3. The van der Waals surface area contributed by atoms with Gasteiger partial charge in [-0.15, -0.1) is 0 Å². The summed E-state index contributed by atoms with van der Waals surface area (Å²) in [6, 6.07) is 0. The molecule has 0 aromatic carbocycles. The van der Waals surface area contributed by atoms with Crippen LogP contribution in [-0.2, 0) is 33.2 Å². The molecule has 0 aliphatic carbocycles. The molecule has 1 spiro atoms. The molecule has 3 unspecified atom stereocenters. The number of carboxylic acids is 1. The summed E-state index contributed by atoms with van der Waals surface area (Å²) in [6.45, 7) is -15.4. The van der Waals surface area contributed by atoms with Crippen molar-refractivity contribution in [3.05, 3.63) is 0 Å². The maximum Gasteiger partial charge on any atom is 0.308 e. The number of rotatable bonds is 10. The highest BCUT2D eigenvalue weighted by atomic mass is 16.7. The molecule has 0 radical (unpaired) electrons. The van der Waals surface area contributed by atoms with E-state index in [1.165, 1.54) is 0 Å². The number of aliphatic carboxylic acids is 1. The molecule has 5 aliphatic heterocycles. The molecule has 17 atom stereocenters. The van der Waals surface area contributed by atoms with Crippen LogP contribution in [0.2, 0.25) is 0 Å². The summed E-state index contributed by atoms with van der Waals surface area (Å²) in [5.41, 5.74) is -3.58. The molecule has 5 rings (SSSR count). The summed E-state index contributed by atoms with van der Waals surface area (Å²) in [7, 11) is 1.05. The third kappa shape index (κ3) is 6.67. The van der Waals surface area contributed by atoms with Crippen LogP contribution in [0.5, 0.6) is 0 Å². The first-order valence-corrected chi connectivity index (χ1v) is 16.2. The maximum atomic E-state index is 12.3. The predicted molar refractivity (Wildman–Crippen MR) is 172 cm³/mol. The first kappa shape index (κ1) is 21.5. The second-order valence-electron chi connectivity index (χ2n) is 14.0. The lowest BCUT2D eigenvalue weighted by Gasteiger charge is -2.49. The van der Waals surface area contributed by atoms with Crippen LogP contribution in [0.3, 0.4) is 0 Å². The van der Waals surface area contributed by atoms with E-state index < -0.39 is 175 Å². The van der Waals surface area contributed by atoms with Gasteiger partial charge in [0, 0.05) is 59.6 Å². The maximum absolute atomic E-state index is 12.3. The number of ether oxygens (including phenoxy) is 6. The molecule has 11 nitrogen and oxygen atoms in total. The number of aliphatic hydroxyl groups excluding tert-OH is 2. The van der Waals surface area contributed by atoms with Gasteiger partial charge in [0.1, 0.15) is 0 Å². The summed E-state index contributed by atoms with van der Waals surface area (Å²) >= 11 is 0. The minimum atomic E-state index is -2.42. The van der Waals surface area contributed by atoms with Crippen molar-refractivity contribution in [3.8, 4) is 0 Å². The Morgan fingerprint density at radius 3 is 2.55 bits per heavy atom. The Hall–Kier alpha value is -0.890. The average molecular weight is 695 g/mol. The van der Waals surface area contributed by atoms with Crippen LogP contribution in [-0.4, -0.2) is 106 Å². The van der Waals surface area contributed by atoms with Gasteiger partial charge in [-0.1, -0.05) is 41.3 Å². The topological polar surface area (TPSA) is 153 Å². The lowest BCUT2D eigenvalue weighted by molar-refractivity contribution is -0.336. The van der Waals surface area contributed by atoms with Crippen LogP contribution in [0.25, 0.3) is 0 Å². The quantitative estimate of drug-likeness (QED) is 0.243. The second-order valence-corrected chi connectivity index (χ2v) is 14.0. The van der Waals surface area contributed by atoms with E-state index in [9.17, 15) is 25.2 Å². The standard InChI is InChI=1S/C36H62O11/c1-10-34(31-20(3)16-26(43-31)28-19(2)15-21(4)36(41,18-37)46-28)12-11-27(44-34)33(8)13-14-35(47-33)17-25(38)22(5)30(45-35)23(6)29(42-9)24(7)32(39)40/h19-31,37-38,41H,10-18H2,1-9H3,(H,39,40)/t19-,20-,21+,22+,23-,24+,25-,26?,27+,28?,29+,30?,31+,33-,34-,35+,36-/m0/s1/i1+1D2,2+1D2,3+1D2,4+1D2,5+1D2,6+1D2,7+1D2,8+1D2. The van der Waals surface area contributed by atoms with Gasteiger partial charge in [0.15, 0.2) is 11.6 Å². The van der Waals surface area contributed by atoms with E-state index in [1.54, 1.807) is 0 Å². The Kier molecular flexibility index (Phi) is 6.25. The summed E-state index contributed by atoms with van der Waals surface area (Å²) in [6.07, 6.45) is -11.5. The molecule has 0 bridgehead atoms. The van der Waals surface area contributed by atoms with Crippen LogP contribution >= 0.6 is 0 Å². The highest BCUT2D eigenvalue weighted by molar-refractivity contribution is 5.70. The normalized spacial score (nSPS) is 56.3. The highest BCUT2D eigenvalue weighted by Gasteiger charge is 2.62. The predicted octanol–water partition coefficient (Wildman–Crippen LogP) is 4.27. The molecule has 47 heavy (non-hydrogen) atoms. The van der Waals surface area contributed by atoms with Gasteiger partial charge in [-0.05, 0) is 64.1 Å². The van der Waals surface area contributed by atoms with E-state index >= 15 is 0 Å². The van der Waals surface area contributed by atoms with Gasteiger partial charge in [0.25, 0.3) is 0 Å². The summed E-state index contributed by atoms with van der Waals surface area (Å²) < 4.78 is 171. The zero-order valence-electron chi connectivity index (χ0n) is 42.6. The molecule has 5 aliphatic rings. The molecule has 0 aromatic rings. The Bertz CT molecular complexity index is 1530. The molecule has 0 amide bonds. The first-order valence-electron chi connectivity index (χ1n) is 25.4. The highest BCUT2D eigenvalue weighted by Crippen LogP contribution is 2.55. The zero-order chi connectivity index (χ0) is 47.3. The smallest absolute Gasteiger partial charge is 0.308 e. The lowest BCUT2D eigenvalue weighted by Crippen LogP contribution is -2.57. The van der Waals surface area contributed by atoms with E-state index in [-0.39, 0.29) is 44.9 Å². The van der Waals surface area contributed by atoms with Crippen LogP contribution in [0.4, 0.5) is 0 Å². The summed E-state index contributed by atoms with van der Waals surface area (Å²) in [5.74, 6) is -14.5. The molecular weight excluding hydrogens is 616 g/mol. The molecule has 4 N–H and O–H groups in total. The van der Waals surface area contributed by atoms with Crippen molar-refractivity contribution in [1.29, 1.82) is 0 Å². The van der Waals surface area contributed by atoms with Gasteiger partial charge < -0.3 is 48.8 Å². The van der Waals surface area contributed by atoms with Crippen molar-refractivity contribution in [2.24, 2.45) is 35.5 Å². The van der Waals surface area contributed by atoms with Crippen molar-refractivity contribution >= 4 is 5.97 Å². The van der Waals surface area contributed by atoms with Crippen molar-refractivity contribution in [3.63, 3.8) is 0 Å². The Labute approximate surface area is 303 Å². The zero-order valence-corrected chi connectivity index (χ0v) is 26.6. The Morgan fingerprint density at radius 2 is 1.91 bits per heavy atom. The molecule has 0 saturated carbocycles. The van der Waals surface area contributed by atoms with Crippen molar-refractivity contribution in [1.82, 2.24) is 0 Å². The van der Waals surface area contributed by atoms with E-state index in [0.717, 1.165) is 7.11 Å². The number of hydrogen-bond donors (Lipinski definition) is 4. The number of aliphatic hydroxyl groups is 3. The Morgan fingerprint density at radius 1 is 1.06 bits per heavy atom. The van der Waals surface area contributed by atoms with Gasteiger partial charge in [-0.2, -0.15) is 0 Å². The Balaban J connectivity index is 1.49. The SMILES string of the molecule is [2H][13CH]([2H])C[C@@]1([C@@H]2OC(C3O[C@@](O)(CO)[C@H]([13CH]([2H])[2H])C[C@@H]3[13CH]([2H])[2H])C[C@@H]2[13CH]([2H])[2H])CC[C@H]([C@]2([13CH]([2H])[2H])CC[C@]3(C[C@H](O)[C@@H]([13CH]([2H])[2H])C([C@H]([C@@H](OC)[C@H](C(=O)O)[13CH]([2H])[2H])[13CH]([2H])[2H])O3)O2)O1. The average Bonchev–Trinajstić information content (AvgIpc) is 3.90. The van der Waals surface area contributed by atoms with Gasteiger partial charge in [0.2, 0.25) is 0 Å². The minimum Gasteiger partial charge on any atom is -0.481 e. The number of hydrogen-bond acceptors (Lipinski definition) is 10. The number of carboxylic acid groups (broad SMARTS) is 1. The molecule has 0 aromatic heterocycles. The lowest BCUT2D eigenvalue weighted by atomic mass is 9.83. The van der Waals surface area contributed by atoms with Crippen molar-refractivity contribution in [2.45, 2.75) is 172 Å². The van der Waals surface area contributed by atoms with E-state index in [2.05, 4.69) is 0 Å². The van der Waals surface area contributed by atoms with Gasteiger partial charge in [-0.25, -0.2) is 0 Å². The van der Waals surface area contributed by atoms with Gasteiger partial charge in [0.05, 0.1) is 66.5 Å². The fourth-order valence-corrected chi connectivity index (χ4v) is 8.13. The molecule has 5 fully saturated rings. The molecule has 5 heterocycles. The van der Waals surface area contributed by atoms with Crippen LogP contribution in [0.1, 0.15) is 128 Å². The van der Waals surface area contributed by atoms with Crippen LogP contribution in [0, 0.1) is 35.5 Å². The fraction of sp³-hybridized carbons (Fsp3) is 0.972. The van der Waals surface area contributed by atoms with Crippen LogP contribution in [0.15, 0.2) is 0 Å². The van der Waals surface area contributed by atoms with Crippen LogP contribution < -0.4 is 0 Å². The van der Waals surface area contributed by atoms with E-state index in [1.807, 2.05) is 0 Å². The monoisotopic (exact) mass is 695 g/mol. The third-order valence-electron chi connectivity index (χ3n) is 10.9. The minimum absolute atomic E-state index is 0.0000615. The largest absolute Gasteiger partial charge is 0.481 e. The molecule has 11 heteroatoms. The third-order valence-corrected chi connectivity index (χ3v) is 10.9. The van der Waals surface area contributed by atoms with Gasteiger partial charge in [-0.3, -0.25) is 4.79 Å². The molecule has 272 valence electrons. The fourth-order valence-electron chi connectivity index (χ4n) is 8.13. The van der Waals surface area contributed by atoms with Gasteiger partial charge >= 0.3 is 5.97 Å². The van der Waals surface area contributed by atoms with E-state index in [4.69, 9.17) is 50.4 Å². The molecular formula is C36H62O11. The number of carbonyl (C=O) groups is 1. The second kappa shape index (κ2) is 13.7. The molecule has 5 saturated heterocycles. The van der Waals surface area contributed by atoms with E-state index in [0.29, 0.717) is 0 Å². The summed E-state index contributed by atoms with van der Waals surface area (Å²) in [5, 5.41) is 42.9. The number of methoxy groups -OCH3 is 1. The van der Waals surface area contributed by atoms with Crippen molar-refractivity contribution < 1.29 is 75.6 Å². The first-order chi connectivity index (χ1) is 29.2. The van der Waals surface area contributed by atoms with Crippen molar-refractivity contribution in [2.75, 3.05) is 13.7 Å².